The van der Waals surface area contributed by atoms with Gasteiger partial charge in [-0.3, -0.25) is 9.59 Å². The highest BCUT2D eigenvalue weighted by Crippen LogP contribution is 2.47. The predicted octanol–water partition coefficient (Wildman–Crippen LogP) is 7.75. The zero-order valence-electron chi connectivity index (χ0n) is 30.9. The van der Waals surface area contributed by atoms with Crippen molar-refractivity contribution in [3.63, 3.8) is 0 Å². The zero-order chi connectivity index (χ0) is 36.5. The van der Waals surface area contributed by atoms with Crippen LogP contribution in [-0.2, 0) is 14.3 Å². The van der Waals surface area contributed by atoms with Crippen molar-refractivity contribution in [1.29, 1.82) is 0 Å². The quantitative estimate of drug-likeness (QED) is 0.0496. The van der Waals surface area contributed by atoms with Crippen molar-refractivity contribution in [3.05, 3.63) is 66.7 Å². The molecule has 1 aliphatic heterocycles. The molecule has 10 heteroatoms. The van der Waals surface area contributed by atoms with Crippen molar-refractivity contribution < 1.29 is 23.9 Å². The topological polar surface area (TPSA) is 110 Å². The number of rotatable bonds is 19. The second-order valence-corrected chi connectivity index (χ2v) is 15.2. The molecule has 1 aromatic heterocycles. The van der Waals surface area contributed by atoms with E-state index >= 15 is 0 Å². The number of thioether (sulfide) groups is 1. The van der Waals surface area contributed by atoms with Gasteiger partial charge in [-0.25, -0.2) is 9.78 Å². The Morgan fingerprint density at radius 1 is 1.16 bits per heavy atom. The lowest BCUT2D eigenvalue weighted by Gasteiger charge is -2.32. The number of Topliss-reactive ketones (excluding diaryl/α,β-unsaturated/α-hetero) is 1. The lowest BCUT2D eigenvalue weighted by atomic mass is 10.0. The molecular formula is C41H56N4O5S. The van der Waals surface area contributed by atoms with Gasteiger partial charge in [0, 0.05) is 52.9 Å². The number of nitrogens with one attached hydrogen (secondary N) is 2. The van der Waals surface area contributed by atoms with Crippen LogP contribution in [0.25, 0.3) is 10.9 Å². The zero-order valence-corrected chi connectivity index (χ0v) is 31.7. The molecule has 5 rings (SSSR count). The minimum Gasteiger partial charge on any atom is -0.488 e. The van der Waals surface area contributed by atoms with Crippen LogP contribution in [0, 0.1) is 11.8 Å². The number of amides is 1. The Morgan fingerprint density at radius 3 is 2.65 bits per heavy atom. The molecule has 276 valence electrons. The maximum atomic E-state index is 13.2. The fourth-order valence-electron chi connectivity index (χ4n) is 7.64. The van der Waals surface area contributed by atoms with Gasteiger partial charge in [0.05, 0.1) is 31.8 Å². The average Bonchev–Trinajstić information content (AvgIpc) is 3.41. The number of ketones is 1. The summed E-state index contributed by atoms with van der Waals surface area (Å²) in [6.45, 7) is 13.7. The largest absolute Gasteiger partial charge is 0.488 e. The first-order valence-corrected chi connectivity index (χ1v) is 20.0. The van der Waals surface area contributed by atoms with Gasteiger partial charge >= 0.3 is 5.97 Å². The molecule has 1 saturated heterocycles. The van der Waals surface area contributed by atoms with Crippen molar-refractivity contribution in [2.75, 3.05) is 26.5 Å². The average molecular weight is 717 g/mol. The number of benzene rings is 1. The van der Waals surface area contributed by atoms with Crippen LogP contribution in [0.4, 0.5) is 0 Å². The van der Waals surface area contributed by atoms with E-state index in [0.29, 0.717) is 61.8 Å². The summed E-state index contributed by atoms with van der Waals surface area (Å²) in [6, 6.07) is 7.45. The highest BCUT2D eigenvalue weighted by atomic mass is 32.2. The van der Waals surface area contributed by atoms with Gasteiger partial charge in [0.2, 0.25) is 5.91 Å². The van der Waals surface area contributed by atoms with E-state index in [1.54, 1.807) is 17.8 Å². The number of carbonyl (C=O) groups is 3. The summed E-state index contributed by atoms with van der Waals surface area (Å²) in [4.78, 5) is 46.8. The van der Waals surface area contributed by atoms with Gasteiger partial charge in [0.25, 0.3) is 0 Å². The molecule has 0 spiro atoms. The molecule has 1 amide bonds. The minimum atomic E-state index is -0.876. The Labute approximate surface area is 308 Å². The van der Waals surface area contributed by atoms with Crippen molar-refractivity contribution >= 4 is 40.3 Å². The SMILES string of the molecule is C=C(N[C@]1(C(=O)OC)CC1/C=C\CCCCC)C1C[C@@H](Oc2cc(C(=O)CC)nc3c(SC)cccc23)CN1C(=C)CNC(=O)CC1CCCC1. The Kier molecular flexibility index (Phi) is 13.3. The van der Waals surface area contributed by atoms with Gasteiger partial charge in [-0.05, 0) is 56.4 Å². The molecule has 2 aromatic rings. The number of likely N-dealkylation sites (tertiary alicyclic amines) is 1. The normalized spacial score (nSPS) is 23.1. The van der Waals surface area contributed by atoms with E-state index in [4.69, 9.17) is 14.5 Å². The van der Waals surface area contributed by atoms with Gasteiger partial charge in [0.15, 0.2) is 5.78 Å². The standard InChI is InChI=1S/C41H56N4O5S/c1-7-9-10-11-12-18-30-24-41(30,40(48)49-5)44-28(4)34-22-31(26-45(34)27(3)25-42-38(47)21-29-16-13-14-17-29)50-36-23-33(35(46)8-2)43-39-32(36)19-15-20-37(39)51-6/h12,15,18-20,23,29-31,34,44H,3-4,7-11,13-14,16-17,21-22,24-26H2,1-2,5-6H3,(H,42,47)/b18-12-/t30?,31-,34?,41-/m1/s1. The lowest BCUT2D eigenvalue weighted by molar-refractivity contribution is -0.144. The predicted molar refractivity (Wildman–Crippen MR) is 205 cm³/mol. The highest BCUT2D eigenvalue weighted by molar-refractivity contribution is 7.98. The fourth-order valence-corrected chi connectivity index (χ4v) is 8.21. The van der Waals surface area contributed by atoms with E-state index in [-0.39, 0.29) is 35.7 Å². The second-order valence-electron chi connectivity index (χ2n) is 14.3. The third-order valence-corrected chi connectivity index (χ3v) is 11.5. The lowest BCUT2D eigenvalue weighted by Crippen LogP contribution is -2.46. The number of pyridine rings is 1. The molecule has 1 aromatic carbocycles. The number of hydrogen-bond acceptors (Lipinski definition) is 9. The van der Waals surface area contributed by atoms with Crippen molar-refractivity contribution in [3.8, 4) is 5.75 Å². The molecule has 2 saturated carbocycles. The van der Waals surface area contributed by atoms with Crippen molar-refractivity contribution in [1.82, 2.24) is 20.5 Å². The van der Waals surface area contributed by atoms with Crippen LogP contribution in [0.15, 0.2) is 65.9 Å². The third kappa shape index (κ3) is 9.18. The van der Waals surface area contributed by atoms with Crippen LogP contribution < -0.4 is 15.4 Å². The van der Waals surface area contributed by atoms with Crippen LogP contribution in [0.1, 0.15) is 101 Å². The Balaban J connectivity index is 1.37. The highest BCUT2D eigenvalue weighted by Gasteiger charge is 2.61. The number of esters is 1. The maximum absolute atomic E-state index is 13.2. The van der Waals surface area contributed by atoms with Crippen molar-refractivity contribution in [2.24, 2.45) is 11.8 Å². The molecule has 3 aliphatic rings. The van der Waals surface area contributed by atoms with E-state index in [9.17, 15) is 14.4 Å². The van der Waals surface area contributed by atoms with E-state index in [1.165, 1.54) is 26.4 Å². The van der Waals surface area contributed by atoms with E-state index < -0.39 is 5.54 Å². The number of aromatic nitrogens is 1. The van der Waals surface area contributed by atoms with Crippen LogP contribution >= 0.6 is 11.8 Å². The Bertz CT molecular complexity index is 1640. The first-order valence-electron chi connectivity index (χ1n) is 18.7. The van der Waals surface area contributed by atoms with E-state index in [1.807, 2.05) is 31.4 Å². The van der Waals surface area contributed by atoms with Crippen LogP contribution in [-0.4, -0.2) is 71.7 Å². The van der Waals surface area contributed by atoms with Gasteiger partial charge in [-0.15, -0.1) is 11.8 Å². The Hall–Kier alpha value is -3.79. The van der Waals surface area contributed by atoms with Crippen LogP contribution in [0.3, 0.4) is 0 Å². The summed E-state index contributed by atoms with van der Waals surface area (Å²) in [7, 11) is 1.43. The van der Waals surface area contributed by atoms with Gasteiger partial charge in [-0.2, -0.15) is 0 Å². The number of allylic oxidation sites excluding steroid dienone is 1. The molecular weight excluding hydrogens is 661 g/mol. The molecule has 4 atom stereocenters. The number of carbonyl (C=O) groups excluding carboxylic acids is 3. The van der Waals surface area contributed by atoms with Gasteiger partial charge in [0.1, 0.15) is 23.1 Å². The Morgan fingerprint density at radius 2 is 1.94 bits per heavy atom. The smallest absolute Gasteiger partial charge is 0.332 e. The van der Waals surface area contributed by atoms with E-state index in [0.717, 1.165) is 53.6 Å². The summed E-state index contributed by atoms with van der Waals surface area (Å²) in [5, 5.41) is 7.46. The number of fused-ring (bicyclic) bond motifs is 1. The first-order chi connectivity index (χ1) is 24.6. The molecule has 0 bridgehead atoms. The molecule has 2 N–H and O–H groups in total. The number of hydrogen-bond donors (Lipinski definition) is 2. The molecule has 0 radical (unpaired) electrons. The van der Waals surface area contributed by atoms with Gasteiger partial charge in [-0.1, -0.05) is 70.9 Å². The number of para-hydroxylation sites is 1. The molecule has 3 fully saturated rings. The summed E-state index contributed by atoms with van der Waals surface area (Å²) in [5.41, 5.74) is 1.68. The van der Waals surface area contributed by atoms with Gasteiger partial charge < -0.3 is 25.0 Å². The number of unbranched alkanes of at least 4 members (excludes halogenated alkanes) is 3. The number of ether oxygens (including phenoxy) is 2. The summed E-state index contributed by atoms with van der Waals surface area (Å²) >= 11 is 1.58. The summed E-state index contributed by atoms with van der Waals surface area (Å²) in [6.07, 6.45) is 17.1. The molecule has 2 aliphatic carbocycles. The molecule has 2 heterocycles. The molecule has 2 unspecified atom stereocenters. The molecule has 51 heavy (non-hydrogen) atoms. The van der Waals surface area contributed by atoms with Crippen LogP contribution in [0.5, 0.6) is 5.75 Å². The molecule has 9 nitrogen and oxygen atoms in total. The third-order valence-electron chi connectivity index (χ3n) is 10.7. The first kappa shape index (κ1) is 38.4. The summed E-state index contributed by atoms with van der Waals surface area (Å²) in [5.74, 6) is 0.756. The van der Waals surface area contributed by atoms with Crippen molar-refractivity contribution in [2.45, 2.75) is 113 Å². The monoisotopic (exact) mass is 716 g/mol. The van der Waals surface area contributed by atoms with Crippen LogP contribution in [0.2, 0.25) is 0 Å². The van der Waals surface area contributed by atoms with E-state index in [2.05, 4.69) is 47.8 Å². The minimum absolute atomic E-state index is 0.00615. The number of methoxy groups -OCH3 is 1. The summed E-state index contributed by atoms with van der Waals surface area (Å²) < 4.78 is 12.1. The number of nitrogens with zero attached hydrogens (tertiary/aromatic N) is 2. The second kappa shape index (κ2) is 17.6. The maximum Gasteiger partial charge on any atom is 0.332 e. The fraction of sp³-hybridized carbons (Fsp3) is 0.561.